The van der Waals surface area contributed by atoms with E-state index in [0.717, 1.165) is 18.0 Å². The third-order valence-corrected chi connectivity index (χ3v) is 6.19. The minimum Gasteiger partial charge on any atom is -0.332 e. The van der Waals surface area contributed by atoms with Crippen LogP contribution in [0.1, 0.15) is 64.7 Å². The van der Waals surface area contributed by atoms with Gasteiger partial charge in [0.15, 0.2) is 0 Å². The van der Waals surface area contributed by atoms with Gasteiger partial charge in [-0.3, -0.25) is 0 Å². The van der Waals surface area contributed by atoms with E-state index in [1.165, 1.54) is 84.0 Å². The van der Waals surface area contributed by atoms with E-state index < -0.39 is 0 Å². The van der Waals surface area contributed by atoms with Gasteiger partial charge < -0.3 is 9.80 Å². The van der Waals surface area contributed by atoms with Gasteiger partial charge in [0.1, 0.15) is 0 Å². The number of nitrogens with one attached hydrogen (secondary N) is 2. The van der Waals surface area contributed by atoms with Crippen LogP contribution in [0, 0.1) is 5.92 Å². The van der Waals surface area contributed by atoms with Crippen LogP contribution >= 0.6 is 0 Å². The Balaban J connectivity index is 1.46. The van der Waals surface area contributed by atoms with Crippen LogP contribution in [0.15, 0.2) is 0 Å². The lowest BCUT2D eigenvalue weighted by molar-refractivity contribution is -0.972. The zero-order valence-corrected chi connectivity index (χ0v) is 12.9. The summed E-state index contributed by atoms with van der Waals surface area (Å²) < 4.78 is 0. The van der Waals surface area contributed by atoms with Gasteiger partial charge in [0.2, 0.25) is 0 Å². The van der Waals surface area contributed by atoms with Crippen LogP contribution in [0.3, 0.4) is 0 Å². The molecule has 0 amide bonds. The molecule has 0 bridgehead atoms. The molecule has 1 unspecified atom stereocenters. The predicted octanol–water partition coefficient (Wildman–Crippen LogP) is 0.681. The average molecular weight is 266 g/mol. The maximum absolute atomic E-state index is 2.46. The highest BCUT2D eigenvalue weighted by atomic mass is 15.2. The van der Waals surface area contributed by atoms with Crippen molar-refractivity contribution in [2.75, 3.05) is 26.2 Å². The van der Waals surface area contributed by atoms with Crippen LogP contribution in [0.2, 0.25) is 0 Å². The summed E-state index contributed by atoms with van der Waals surface area (Å²) in [7, 11) is 0. The zero-order valence-electron chi connectivity index (χ0n) is 12.9. The number of hydrogen-bond acceptors (Lipinski definition) is 0. The van der Waals surface area contributed by atoms with Crippen molar-refractivity contribution in [3.63, 3.8) is 0 Å². The molecular weight excluding hydrogens is 232 g/mol. The van der Waals surface area contributed by atoms with E-state index in [-0.39, 0.29) is 0 Å². The van der Waals surface area contributed by atoms with Gasteiger partial charge in [-0.05, 0) is 38.5 Å². The van der Waals surface area contributed by atoms with Crippen molar-refractivity contribution in [2.24, 2.45) is 5.92 Å². The van der Waals surface area contributed by atoms with E-state index in [1.807, 2.05) is 9.80 Å². The Bertz CT molecular complexity index is 264. The normalized spacial score (nSPS) is 42.2. The van der Waals surface area contributed by atoms with Gasteiger partial charge in [0, 0.05) is 18.8 Å². The Kier molecular flexibility index (Phi) is 4.81. The summed E-state index contributed by atoms with van der Waals surface area (Å²) in [6, 6.07) is 2.04. The van der Waals surface area contributed by atoms with Crippen LogP contribution in [-0.4, -0.2) is 38.3 Å². The molecule has 2 N–H and O–H groups in total. The number of hydrogen-bond donors (Lipinski definition) is 2. The molecule has 3 aliphatic rings. The summed E-state index contributed by atoms with van der Waals surface area (Å²) >= 11 is 0. The Morgan fingerprint density at radius 2 is 1.32 bits per heavy atom. The van der Waals surface area contributed by atoms with Gasteiger partial charge in [0.25, 0.3) is 0 Å². The van der Waals surface area contributed by atoms with Crippen molar-refractivity contribution < 1.29 is 9.80 Å². The fraction of sp³-hybridized carbons (Fsp3) is 1.00. The van der Waals surface area contributed by atoms with Crippen molar-refractivity contribution in [3.05, 3.63) is 0 Å². The third-order valence-electron chi connectivity index (χ3n) is 6.19. The predicted molar refractivity (Wildman–Crippen MR) is 79.7 cm³/mol. The van der Waals surface area contributed by atoms with Crippen LogP contribution in [-0.2, 0) is 0 Å². The SMILES string of the molecule is C[C@@H]1CCC[NH+](C2CC[NH+](C3CCCCC3)CC2)C1. The Hall–Kier alpha value is -0.0800. The van der Waals surface area contributed by atoms with E-state index in [9.17, 15) is 0 Å². The second kappa shape index (κ2) is 6.58. The smallest absolute Gasteiger partial charge is 0.0983 e. The lowest BCUT2D eigenvalue weighted by Gasteiger charge is -2.40. The first-order chi connectivity index (χ1) is 9.33. The van der Waals surface area contributed by atoms with E-state index in [0.29, 0.717) is 0 Å². The highest BCUT2D eigenvalue weighted by Crippen LogP contribution is 2.16. The Morgan fingerprint density at radius 3 is 2.00 bits per heavy atom. The summed E-state index contributed by atoms with van der Waals surface area (Å²) in [5.41, 5.74) is 0. The Labute approximate surface area is 119 Å². The van der Waals surface area contributed by atoms with Crippen molar-refractivity contribution in [3.8, 4) is 0 Å². The highest BCUT2D eigenvalue weighted by molar-refractivity contribution is 4.69. The fourth-order valence-corrected chi connectivity index (χ4v) is 5.02. The standard InChI is InChI=1S/C17H32N2/c1-15-6-5-11-19(14-15)17-9-12-18(13-10-17)16-7-3-2-4-8-16/h15-17H,2-14H2,1H3/p+2/t15-/m1/s1. The van der Waals surface area contributed by atoms with Crippen LogP contribution in [0.25, 0.3) is 0 Å². The molecule has 2 heteroatoms. The van der Waals surface area contributed by atoms with Gasteiger partial charge >= 0.3 is 0 Å². The quantitative estimate of drug-likeness (QED) is 0.727. The first-order valence-corrected chi connectivity index (χ1v) is 9.02. The third kappa shape index (κ3) is 3.52. The molecule has 1 saturated carbocycles. The molecule has 2 heterocycles. The first kappa shape index (κ1) is 13.9. The summed E-state index contributed by atoms with van der Waals surface area (Å²) in [6.07, 6.45) is 13.5. The van der Waals surface area contributed by atoms with E-state index >= 15 is 0 Å². The molecule has 1 aliphatic carbocycles. The van der Waals surface area contributed by atoms with Gasteiger partial charge in [-0.2, -0.15) is 0 Å². The van der Waals surface area contributed by atoms with Gasteiger partial charge in [-0.25, -0.2) is 0 Å². The molecule has 0 spiro atoms. The molecule has 19 heavy (non-hydrogen) atoms. The van der Waals surface area contributed by atoms with Crippen molar-refractivity contribution in [1.82, 2.24) is 0 Å². The van der Waals surface area contributed by atoms with Crippen molar-refractivity contribution in [1.29, 1.82) is 0 Å². The largest absolute Gasteiger partial charge is 0.332 e. The molecule has 3 fully saturated rings. The maximum Gasteiger partial charge on any atom is 0.0983 e. The summed E-state index contributed by atoms with van der Waals surface area (Å²) in [4.78, 5) is 3.93. The summed E-state index contributed by atoms with van der Waals surface area (Å²) in [5.74, 6) is 0.979. The lowest BCUT2D eigenvalue weighted by atomic mass is 9.91. The number of likely N-dealkylation sites (tertiary alicyclic amines) is 2. The summed E-state index contributed by atoms with van der Waals surface area (Å²) in [5, 5.41) is 0. The van der Waals surface area contributed by atoms with Crippen molar-refractivity contribution in [2.45, 2.75) is 76.8 Å². The van der Waals surface area contributed by atoms with Gasteiger partial charge in [-0.1, -0.05) is 13.3 Å². The maximum atomic E-state index is 2.46. The molecule has 0 aromatic heterocycles. The molecule has 2 atom stereocenters. The van der Waals surface area contributed by atoms with E-state index in [1.54, 1.807) is 0 Å². The number of piperidine rings is 2. The molecule has 110 valence electrons. The first-order valence-electron chi connectivity index (χ1n) is 9.02. The molecule has 3 rings (SSSR count). The highest BCUT2D eigenvalue weighted by Gasteiger charge is 2.35. The molecule has 0 aromatic rings. The van der Waals surface area contributed by atoms with Crippen LogP contribution in [0.4, 0.5) is 0 Å². The molecule has 0 aromatic carbocycles. The Morgan fingerprint density at radius 1 is 0.632 bits per heavy atom. The molecular formula is C17H34N2+2. The molecule has 2 saturated heterocycles. The number of quaternary nitrogens is 2. The van der Waals surface area contributed by atoms with E-state index in [4.69, 9.17) is 0 Å². The second-order valence-corrected chi connectivity index (χ2v) is 7.63. The molecule has 2 aliphatic heterocycles. The zero-order chi connectivity index (χ0) is 13.1. The average Bonchev–Trinajstić information content (AvgIpc) is 2.48. The van der Waals surface area contributed by atoms with E-state index in [2.05, 4.69) is 6.92 Å². The number of rotatable bonds is 2. The monoisotopic (exact) mass is 266 g/mol. The van der Waals surface area contributed by atoms with Crippen LogP contribution in [0.5, 0.6) is 0 Å². The lowest BCUT2D eigenvalue weighted by Crippen LogP contribution is -3.22. The topological polar surface area (TPSA) is 8.88 Å². The summed E-state index contributed by atoms with van der Waals surface area (Å²) in [6.45, 7) is 8.35. The second-order valence-electron chi connectivity index (χ2n) is 7.63. The molecule has 2 nitrogen and oxygen atoms in total. The van der Waals surface area contributed by atoms with Crippen molar-refractivity contribution >= 4 is 0 Å². The fourth-order valence-electron chi connectivity index (χ4n) is 5.02. The van der Waals surface area contributed by atoms with Gasteiger partial charge in [-0.15, -0.1) is 0 Å². The minimum absolute atomic E-state index is 0.979. The molecule has 0 radical (unpaired) electrons. The van der Waals surface area contributed by atoms with Gasteiger partial charge in [0.05, 0.1) is 38.3 Å². The minimum atomic E-state index is 0.979. The van der Waals surface area contributed by atoms with Crippen LogP contribution < -0.4 is 9.80 Å².